The van der Waals surface area contributed by atoms with E-state index in [1.807, 2.05) is 0 Å². The summed E-state index contributed by atoms with van der Waals surface area (Å²) < 4.78 is 10.5. The van der Waals surface area contributed by atoms with E-state index in [1.54, 1.807) is 65.8 Å². The van der Waals surface area contributed by atoms with Crippen molar-refractivity contribution in [3.63, 3.8) is 0 Å². The highest BCUT2D eigenvalue weighted by atomic mass is 16.6. The second kappa shape index (κ2) is 6.35. The van der Waals surface area contributed by atoms with Crippen LogP contribution in [0.4, 0.5) is 10.5 Å². The van der Waals surface area contributed by atoms with Gasteiger partial charge in [-0.25, -0.2) is 14.5 Å². The topological polar surface area (TPSA) is 72.9 Å². The zero-order valence-corrected chi connectivity index (χ0v) is 15.4. The predicted molar refractivity (Wildman–Crippen MR) is 94.0 cm³/mol. The van der Waals surface area contributed by atoms with Crippen molar-refractivity contribution in [1.82, 2.24) is 0 Å². The number of hydrogen-bond donors (Lipinski definition) is 0. The first-order valence-electron chi connectivity index (χ1n) is 8.00. The molecule has 134 valence electrons. The second-order valence-electron chi connectivity index (χ2n) is 7.73. The fourth-order valence-electron chi connectivity index (χ4n) is 2.32. The zero-order chi connectivity index (χ0) is 19.0. The van der Waals surface area contributed by atoms with Crippen LogP contribution in [0.15, 0.2) is 30.3 Å². The molecule has 0 N–H and O–H groups in total. The minimum Gasteiger partial charge on any atom is -0.457 e. The van der Waals surface area contributed by atoms with Crippen molar-refractivity contribution in [2.45, 2.75) is 52.7 Å². The van der Waals surface area contributed by atoms with Gasteiger partial charge in [-0.2, -0.15) is 0 Å². The smallest absolute Gasteiger partial charge is 0.422 e. The Morgan fingerprint density at radius 2 is 1.52 bits per heavy atom. The van der Waals surface area contributed by atoms with Gasteiger partial charge < -0.3 is 9.47 Å². The van der Waals surface area contributed by atoms with Crippen LogP contribution in [0.5, 0.6) is 0 Å². The molecule has 0 saturated carbocycles. The van der Waals surface area contributed by atoms with Gasteiger partial charge in [0.1, 0.15) is 11.2 Å². The van der Waals surface area contributed by atoms with Crippen LogP contribution in [0.3, 0.4) is 0 Å². The van der Waals surface area contributed by atoms with E-state index in [4.69, 9.17) is 9.47 Å². The molecule has 0 aromatic heterocycles. The number of carbonyl (C=O) groups excluding carboxylic acids is 3. The van der Waals surface area contributed by atoms with Crippen LogP contribution in [-0.4, -0.2) is 29.2 Å². The van der Waals surface area contributed by atoms with E-state index in [9.17, 15) is 14.4 Å². The maximum Gasteiger partial charge on any atom is 0.422 e. The summed E-state index contributed by atoms with van der Waals surface area (Å²) in [5, 5.41) is 0. The summed E-state index contributed by atoms with van der Waals surface area (Å²) in [6.07, 6.45) is 0.342. The number of rotatable bonds is 1. The van der Waals surface area contributed by atoms with Gasteiger partial charge in [-0.05, 0) is 47.6 Å². The van der Waals surface area contributed by atoms with Crippen molar-refractivity contribution < 1.29 is 23.9 Å². The van der Waals surface area contributed by atoms with Crippen LogP contribution in [0.25, 0.3) is 5.57 Å². The zero-order valence-electron chi connectivity index (χ0n) is 15.4. The summed E-state index contributed by atoms with van der Waals surface area (Å²) in [4.78, 5) is 38.2. The van der Waals surface area contributed by atoms with Crippen molar-refractivity contribution in [3.05, 3.63) is 35.9 Å². The average molecular weight is 345 g/mol. The van der Waals surface area contributed by atoms with E-state index < -0.39 is 29.2 Å². The Labute approximate surface area is 147 Å². The lowest BCUT2D eigenvalue weighted by Crippen LogP contribution is -2.38. The molecule has 1 aliphatic heterocycles. The monoisotopic (exact) mass is 345 g/mol. The Kier molecular flexibility index (Phi) is 4.75. The Balaban J connectivity index is 2.41. The Bertz CT molecular complexity index is 750. The molecular formula is C19H23NO5. The standard InChI is InChI=1S/C19H23NO5/c1-18(2,3)24-15(21)11-13-12-9-7-8-10-14(12)20(16(13)22)17(23)25-19(4,5)6/h7-11H,1-6H3/b13-11+. The molecule has 1 aromatic rings. The van der Waals surface area contributed by atoms with Crippen molar-refractivity contribution in [2.75, 3.05) is 4.90 Å². The Morgan fingerprint density at radius 3 is 2.08 bits per heavy atom. The molecule has 1 heterocycles. The van der Waals surface area contributed by atoms with Gasteiger partial charge in [0, 0.05) is 11.6 Å². The molecule has 0 unspecified atom stereocenters. The molecule has 6 nitrogen and oxygen atoms in total. The van der Waals surface area contributed by atoms with Crippen molar-refractivity contribution in [3.8, 4) is 0 Å². The fraction of sp³-hybridized carbons (Fsp3) is 0.421. The quantitative estimate of drug-likeness (QED) is 0.573. The van der Waals surface area contributed by atoms with Crippen LogP contribution in [0, 0.1) is 0 Å². The van der Waals surface area contributed by atoms with Crippen LogP contribution < -0.4 is 4.90 Å². The van der Waals surface area contributed by atoms with Crippen molar-refractivity contribution in [1.29, 1.82) is 0 Å². The summed E-state index contributed by atoms with van der Waals surface area (Å²) in [6, 6.07) is 6.74. The van der Waals surface area contributed by atoms with Crippen molar-refractivity contribution >= 4 is 29.2 Å². The molecule has 0 saturated heterocycles. The third-order valence-electron chi connectivity index (χ3n) is 3.11. The number of esters is 1. The first-order chi connectivity index (χ1) is 11.4. The van der Waals surface area contributed by atoms with Gasteiger partial charge >= 0.3 is 12.1 Å². The van der Waals surface area contributed by atoms with Gasteiger partial charge in [0.25, 0.3) is 5.91 Å². The summed E-state index contributed by atoms with van der Waals surface area (Å²) in [5.41, 5.74) is -0.444. The third kappa shape index (κ3) is 4.47. The van der Waals surface area contributed by atoms with Gasteiger partial charge in [-0.3, -0.25) is 4.79 Å². The summed E-state index contributed by atoms with van der Waals surface area (Å²) in [6.45, 7) is 10.4. The highest BCUT2D eigenvalue weighted by Gasteiger charge is 2.39. The highest BCUT2D eigenvalue weighted by Crippen LogP contribution is 2.37. The first-order valence-corrected chi connectivity index (χ1v) is 8.00. The Morgan fingerprint density at radius 1 is 0.960 bits per heavy atom. The molecular weight excluding hydrogens is 322 g/mol. The van der Waals surface area contributed by atoms with Crippen LogP contribution >= 0.6 is 0 Å². The van der Waals surface area contributed by atoms with E-state index in [0.717, 1.165) is 11.0 Å². The summed E-state index contributed by atoms with van der Waals surface area (Å²) in [7, 11) is 0. The van der Waals surface area contributed by atoms with Gasteiger partial charge in [-0.15, -0.1) is 0 Å². The summed E-state index contributed by atoms with van der Waals surface area (Å²) >= 11 is 0. The number of anilines is 1. The number of para-hydroxylation sites is 1. The third-order valence-corrected chi connectivity index (χ3v) is 3.11. The van der Waals surface area contributed by atoms with Gasteiger partial charge in [0.15, 0.2) is 0 Å². The average Bonchev–Trinajstić information content (AvgIpc) is 2.68. The first kappa shape index (κ1) is 18.7. The molecule has 0 atom stereocenters. The van der Waals surface area contributed by atoms with Gasteiger partial charge in [-0.1, -0.05) is 18.2 Å². The van der Waals surface area contributed by atoms with Crippen LogP contribution in [0.1, 0.15) is 47.1 Å². The molecule has 0 aliphatic carbocycles. The molecule has 6 heteroatoms. The number of amides is 2. The van der Waals surface area contributed by atoms with Gasteiger partial charge in [0.05, 0.1) is 11.3 Å². The molecule has 1 aliphatic rings. The van der Waals surface area contributed by atoms with E-state index >= 15 is 0 Å². The minimum absolute atomic E-state index is 0.107. The molecule has 25 heavy (non-hydrogen) atoms. The molecule has 1 aromatic carbocycles. The second-order valence-corrected chi connectivity index (χ2v) is 7.73. The lowest BCUT2D eigenvalue weighted by molar-refractivity contribution is -0.148. The number of nitrogens with zero attached hydrogens (tertiary/aromatic N) is 1. The normalized spacial score (nSPS) is 16.0. The Hall–Kier alpha value is -2.63. The SMILES string of the molecule is CC(C)(C)OC(=O)/C=C1/C(=O)N(C(=O)OC(C)(C)C)c2ccccc21. The predicted octanol–water partition coefficient (Wildman–Crippen LogP) is 3.69. The molecule has 0 fully saturated rings. The molecule has 2 rings (SSSR count). The maximum atomic E-state index is 12.7. The lowest BCUT2D eigenvalue weighted by Gasteiger charge is -2.23. The molecule has 0 bridgehead atoms. The number of fused-ring (bicyclic) bond motifs is 1. The van der Waals surface area contributed by atoms with Crippen LogP contribution in [-0.2, 0) is 19.1 Å². The van der Waals surface area contributed by atoms with E-state index in [1.165, 1.54) is 0 Å². The van der Waals surface area contributed by atoms with Crippen molar-refractivity contribution in [2.24, 2.45) is 0 Å². The fourth-order valence-corrected chi connectivity index (χ4v) is 2.32. The number of imide groups is 1. The van der Waals surface area contributed by atoms with E-state index in [2.05, 4.69) is 0 Å². The molecule has 0 radical (unpaired) electrons. The summed E-state index contributed by atoms with van der Waals surface area (Å²) in [5.74, 6) is -1.25. The maximum absolute atomic E-state index is 12.7. The largest absolute Gasteiger partial charge is 0.457 e. The van der Waals surface area contributed by atoms with E-state index in [0.29, 0.717) is 11.3 Å². The highest BCUT2D eigenvalue weighted by molar-refractivity contribution is 6.40. The molecule has 2 amide bonds. The van der Waals surface area contributed by atoms with Crippen LogP contribution in [0.2, 0.25) is 0 Å². The lowest BCUT2D eigenvalue weighted by atomic mass is 10.1. The number of ether oxygens (including phenoxy) is 2. The molecule has 0 spiro atoms. The number of benzene rings is 1. The minimum atomic E-state index is -0.780. The number of carbonyl (C=O) groups is 3. The van der Waals surface area contributed by atoms with E-state index in [-0.39, 0.29) is 5.57 Å². The number of hydrogen-bond acceptors (Lipinski definition) is 5. The van der Waals surface area contributed by atoms with Gasteiger partial charge in [0.2, 0.25) is 0 Å².